The fourth-order valence-electron chi connectivity index (χ4n) is 5.72. The Morgan fingerprint density at radius 2 is 1.85 bits per heavy atom. The lowest BCUT2D eigenvalue weighted by molar-refractivity contribution is -0.141. The van der Waals surface area contributed by atoms with Gasteiger partial charge in [-0.15, -0.1) is 0 Å². The second kappa shape index (κ2) is 11.3. The molecule has 2 saturated heterocycles. The van der Waals surface area contributed by atoms with E-state index in [-0.39, 0.29) is 23.6 Å². The first-order valence-electron chi connectivity index (χ1n) is 13.4. The van der Waals surface area contributed by atoms with Crippen molar-refractivity contribution < 1.29 is 22.7 Å². The van der Waals surface area contributed by atoms with Gasteiger partial charge in [-0.05, 0) is 68.0 Å². The van der Waals surface area contributed by atoms with Crippen LogP contribution in [0, 0.1) is 13.8 Å². The first-order chi connectivity index (χ1) is 18.7. The zero-order valence-electron chi connectivity index (χ0n) is 22.2. The van der Waals surface area contributed by atoms with E-state index in [9.17, 15) is 18.0 Å². The number of ether oxygens (including phenoxy) is 1. The van der Waals surface area contributed by atoms with Gasteiger partial charge in [0.2, 0.25) is 0 Å². The summed E-state index contributed by atoms with van der Waals surface area (Å²) in [6.07, 6.45) is 3.72. The number of hydrogen-bond donors (Lipinski definition) is 0. The standard InChI is InChI=1S/C28H33F3N6O2/c1-19-20(2)25(39-16-4-13-37-33-11-12-34-37)9-8-23(19)24-6-3-5-22-18-35(14-15-36(22)24)27(38)21-7-10-26(32-17-21)28(29,30)31/h7-12,17,22,24H,3-6,13-16,18H2,1-2H3/t22-,24+/m0/s1. The zero-order chi connectivity index (χ0) is 27.6. The Morgan fingerprint density at radius 3 is 2.56 bits per heavy atom. The van der Waals surface area contributed by atoms with Crippen molar-refractivity contribution in [2.45, 2.75) is 64.3 Å². The van der Waals surface area contributed by atoms with E-state index in [2.05, 4.69) is 46.1 Å². The summed E-state index contributed by atoms with van der Waals surface area (Å²) in [7, 11) is 0. The van der Waals surface area contributed by atoms with E-state index in [4.69, 9.17) is 4.74 Å². The molecule has 4 heterocycles. The number of alkyl halides is 3. The van der Waals surface area contributed by atoms with Gasteiger partial charge >= 0.3 is 6.18 Å². The third kappa shape index (κ3) is 5.93. The fourth-order valence-corrected chi connectivity index (χ4v) is 5.72. The highest BCUT2D eigenvalue weighted by molar-refractivity contribution is 5.94. The van der Waals surface area contributed by atoms with Crippen LogP contribution in [0.2, 0.25) is 0 Å². The van der Waals surface area contributed by atoms with E-state index in [1.807, 2.05) is 0 Å². The maximum absolute atomic E-state index is 13.1. The van der Waals surface area contributed by atoms with Crippen molar-refractivity contribution in [1.29, 1.82) is 0 Å². The molecule has 3 aromatic rings. The summed E-state index contributed by atoms with van der Waals surface area (Å²) in [4.78, 5) is 22.4. The van der Waals surface area contributed by atoms with Crippen molar-refractivity contribution in [3.63, 3.8) is 0 Å². The molecule has 0 spiro atoms. The van der Waals surface area contributed by atoms with Crippen molar-refractivity contribution in [1.82, 2.24) is 29.8 Å². The second-order valence-corrected chi connectivity index (χ2v) is 10.2. The van der Waals surface area contributed by atoms with Crippen LogP contribution in [-0.2, 0) is 12.7 Å². The van der Waals surface area contributed by atoms with E-state index in [0.717, 1.165) is 49.3 Å². The molecule has 0 bridgehead atoms. The number of aromatic nitrogens is 4. The lowest BCUT2D eigenvalue weighted by Crippen LogP contribution is -2.57. The molecule has 2 aliphatic heterocycles. The third-order valence-electron chi connectivity index (χ3n) is 7.90. The van der Waals surface area contributed by atoms with E-state index in [1.54, 1.807) is 22.1 Å². The number of benzene rings is 1. The predicted octanol–water partition coefficient (Wildman–Crippen LogP) is 4.83. The Morgan fingerprint density at radius 1 is 1.05 bits per heavy atom. The molecule has 0 saturated carbocycles. The topological polar surface area (TPSA) is 76.4 Å². The van der Waals surface area contributed by atoms with Crippen molar-refractivity contribution in [3.8, 4) is 5.75 Å². The van der Waals surface area contributed by atoms with Crippen molar-refractivity contribution >= 4 is 5.91 Å². The van der Waals surface area contributed by atoms with Crippen LogP contribution in [0.4, 0.5) is 13.2 Å². The van der Waals surface area contributed by atoms with E-state index in [1.165, 1.54) is 17.2 Å². The Labute approximate surface area is 225 Å². The molecule has 39 heavy (non-hydrogen) atoms. The van der Waals surface area contributed by atoms with E-state index in [0.29, 0.717) is 32.8 Å². The van der Waals surface area contributed by atoms with Crippen molar-refractivity contribution in [2.75, 3.05) is 26.2 Å². The number of pyridine rings is 1. The Bertz CT molecular complexity index is 1280. The summed E-state index contributed by atoms with van der Waals surface area (Å²) in [6, 6.07) is 6.78. The number of amides is 1. The smallest absolute Gasteiger partial charge is 0.433 e. The molecular formula is C28H33F3N6O2. The number of piperazine rings is 1. The van der Waals surface area contributed by atoms with Crippen LogP contribution in [0.15, 0.2) is 42.9 Å². The molecule has 0 unspecified atom stereocenters. The van der Waals surface area contributed by atoms with Gasteiger partial charge in [0.1, 0.15) is 11.4 Å². The molecule has 208 valence electrons. The lowest BCUT2D eigenvalue weighted by atomic mass is 9.86. The Hall–Kier alpha value is -3.47. The van der Waals surface area contributed by atoms with E-state index < -0.39 is 11.9 Å². The predicted molar refractivity (Wildman–Crippen MR) is 138 cm³/mol. The molecule has 8 nitrogen and oxygen atoms in total. The van der Waals surface area contributed by atoms with Gasteiger partial charge in [-0.25, -0.2) is 0 Å². The highest BCUT2D eigenvalue weighted by Gasteiger charge is 2.38. The summed E-state index contributed by atoms with van der Waals surface area (Å²) in [6.45, 7) is 7.32. The first-order valence-corrected chi connectivity index (χ1v) is 13.4. The molecule has 0 radical (unpaired) electrons. The van der Waals surface area contributed by atoms with Crippen LogP contribution in [0.5, 0.6) is 5.75 Å². The molecule has 2 aliphatic rings. The molecule has 5 rings (SSSR count). The second-order valence-electron chi connectivity index (χ2n) is 10.2. The molecule has 0 aliphatic carbocycles. The van der Waals surface area contributed by atoms with Crippen LogP contribution in [-0.4, -0.2) is 68.0 Å². The van der Waals surface area contributed by atoms with Gasteiger partial charge in [-0.3, -0.25) is 14.7 Å². The number of piperidine rings is 1. The molecule has 1 aromatic carbocycles. The summed E-state index contributed by atoms with van der Waals surface area (Å²) >= 11 is 0. The third-order valence-corrected chi connectivity index (χ3v) is 7.90. The maximum atomic E-state index is 13.1. The average Bonchev–Trinajstić information content (AvgIpc) is 3.46. The van der Waals surface area contributed by atoms with Gasteiger partial charge in [0.15, 0.2) is 0 Å². The van der Waals surface area contributed by atoms with Gasteiger partial charge in [0.05, 0.1) is 31.1 Å². The van der Waals surface area contributed by atoms with Crippen LogP contribution in [0.3, 0.4) is 0 Å². The normalized spacial score (nSPS) is 20.1. The average molecular weight is 543 g/mol. The van der Waals surface area contributed by atoms with Crippen molar-refractivity contribution in [2.24, 2.45) is 0 Å². The number of fused-ring (bicyclic) bond motifs is 1. The number of aryl methyl sites for hydroxylation is 1. The molecule has 2 aromatic heterocycles. The van der Waals surface area contributed by atoms with Crippen LogP contribution in [0.1, 0.15) is 64.5 Å². The number of halogens is 3. The van der Waals surface area contributed by atoms with Crippen LogP contribution in [0.25, 0.3) is 0 Å². The van der Waals surface area contributed by atoms with Gasteiger partial charge in [0, 0.05) is 44.3 Å². The number of hydrogen-bond acceptors (Lipinski definition) is 6. The number of rotatable bonds is 7. The van der Waals surface area contributed by atoms with Crippen LogP contribution < -0.4 is 4.74 Å². The molecule has 0 N–H and O–H groups in total. The summed E-state index contributed by atoms with van der Waals surface area (Å²) in [5, 5.41) is 8.23. The zero-order valence-corrected chi connectivity index (χ0v) is 22.2. The maximum Gasteiger partial charge on any atom is 0.433 e. The monoisotopic (exact) mass is 542 g/mol. The minimum absolute atomic E-state index is 0.187. The van der Waals surface area contributed by atoms with E-state index >= 15 is 0 Å². The first kappa shape index (κ1) is 27.1. The van der Waals surface area contributed by atoms with Gasteiger partial charge in [-0.2, -0.15) is 28.2 Å². The van der Waals surface area contributed by atoms with Gasteiger partial charge in [0.25, 0.3) is 5.91 Å². The minimum atomic E-state index is -4.52. The lowest BCUT2D eigenvalue weighted by Gasteiger charge is -2.48. The van der Waals surface area contributed by atoms with Gasteiger partial charge in [-0.1, -0.05) is 6.07 Å². The number of carbonyl (C=O) groups is 1. The molecule has 1 amide bonds. The largest absolute Gasteiger partial charge is 0.493 e. The quantitative estimate of drug-likeness (QED) is 0.398. The SMILES string of the molecule is Cc1c(OCCCn2nccn2)ccc([C@H]2CCC[C@H]3CN(C(=O)c4ccc(C(F)(F)F)nc4)CCN32)c1C. The molecule has 2 atom stereocenters. The highest BCUT2D eigenvalue weighted by Crippen LogP contribution is 2.39. The Kier molecular flexibility index (Phi) is 7.88. The van der Waals surface area contributed by atoms with Gasteiger partial charge < -0.3 is 9.64 Å². The summed E-state index contributed by atoms with van der Waals surface area (Å²) in [5.41, 5.74) is 2.84. The molecule has 11 heteroatoms. The molecule has 2 fully saturated rings. The summed E-state index contributed by atoms with van der Waals surface area (Å²) in [5.74, 6) is 0.618. The van der Waals surface area contributed by atoms with Crippen molar-refractivity contribution in [3.05, 3.63) is 70.8 Å². The number of nitrogens with zero attached hydrogens (tertiary/aromatic N) is 6. The summed E-state index contributed by atoms with van der Waals surface area (Å²) < 4.78 is 44.6. The fraction of sp³-hybridized carbons (Fsp3) is 0.500. The minimum Gasteiger partial charge on any atom is -0.493 e. The van der Waals surface area contributed by atoms with Crippen LogP contribution >= 0.6 is 0 Å². The highest BCUT2D eigenvalue weighted by atomic mass is 19.4. The molecular weight excluding hydrogens is 509 g/mol. The number of carbonyl (C=O) groups excluding carboxylic acids is 1. The Balaban J connectivity index is 1.22.